The van der Waals surface area contributed by atoms with Crippen LogP contribution in [-0.4, -0.2) is 55.3 Å². The van der Waals surface area contributed by atoms with Crippen LogP contribution in [-0.2, 0) is 6.42 Å². The minimum atomic E-state index is -0.945. The molecule has 0 bridgehead atoms. The number of fused-ring (bicyclic) bond motifs is 1. The zero-order chi connectivity index (χ0) is 14.8. The van der Waals surface area contributed by atoms with Crippen LogP contribution in [0.5, 0.6) is 5.75 Å². The maximum absolute atomic E-state index is 12.1. The van der Waals surface area contributed by atoms with Crippen LogP contribution in [0.2, 0.25) is 0 Å². The second-order valence-corrected chi connectivity index (χ2v) is 5.84. The third kappa shape index (κ3) is 3.71. The summed E-state index contributed by atoms with van der Waals surface area (Å²) in [5, 5.41) is 12.9. The highest BCUT2D eigenvalue weighted by Gasteiger charge is 2.23. The number of ether oxygens (including phenoxy) is 1. The first-order valence-corrected chi connectivity index (χ1v) is 6.78. The Bertz CT molecular complexity index is 498. The number of rotatable bonds is 5. The summed E-state index contributed by atoms with van der Waals surface area (Å²) in [6.07, 6.45) is 0.842. The van der Waals surface area contributed by atoms with Crippen LogP contribution < -0.4 is 10.1 Å². The van der Waals surface area contributed by atoms with E-state index in [4.69, 9.17) is 4.74 Å². The van der Waals surface area contributed by atoms with Crippen molar-refractivity contribution in [1.82, 2.24) is 10.2 Å². The normalized spacial score (nSPS) is 16.4. The Kier molecular flexibility index (Phi) is 4.30. The molecule has 0 radical (unpaired) electrons. The van der Waals surface area contributed by atoms with Gasteiger partial charge in [0.1, 0.15) is 5.75 Å². The molecule has 0 spiro atoms. The average Bonchev–Trinajstić information content (AvgIpc) is 2.81. The van der Waals surface area contributed by atoms with E-state index >= 15 is 0 Å². The molecule has 20 heavy (non-hydrogen) atoms. The molecule has 2 rings (SSSR count). The van der Waals surface area contributed by atoms with E-state index in [9.17, 15) is 9.90 Å². The van der Waals surface area contributed by atoms with Gasteiger partial charge in [0.05, 0.1) is 12.2 Å². The molecule has 1 heterocycles. The topological polar surface area (TPSA) is 61.8 Å². The Labute approximate surface area is 119 Å². The number of nitrogens with zero attached hydrogens (tertiary/aromatic N) is 1. The smallest absolute Gasteiger partial charge is 0.251 e. The zero-order valence-electron chi connectivity index (χ0n) is 12.3. The molecule has 1 aliphatic heterocycles. The lowest BCUT2D eigenvalue weighted by Crippen LogP contribution is -2.47. The van der Waals surface area contributed by atoms with E-state index in [1.807, 2.05) is 31.1 Å². The van der Waals surface area contributed by atoms with Crippen molar-refractivity contribution in [2.24, 2.45) is 0 Å². The van der Waals surface area contributed by atoms with Gasteiger partial charge >= 0.3 is 0 Å². The molecule has 1 aliphatic rings. The summed E-state index contributed by atoms with van der Waals surface area (Å²) in [5.41, 5.74) is 0.728. The average molecular weight is 278 g/mol. The highest BCUT2D eigenvalue weighted by molar-refractivity contribution is 5.94. The van der Waals surface area contributed by atoms with Crippen LogP contribution in [0, 0.1) is 0 Å². The van der Waals surface area contributed by atoms with Crippen LogP contribution in [0.3, 0.4) is 0 Å². The molecule has 0 saturated carbocycles. The molecule has 2 N–H and O–H groups in total. The first-order chi connectivity index (χ1) is 9.37. The molecule has 5 heteroatoms. The predicted octanol–water partition coefficient (Wildman–Crippen LogP) is 0.664. The lowest BCUT2D eigenvalue weighted by molar-refractivity contribution is 0.0326. The molecule has 0 fully saturated rings. The molecule has 5 nitrogen and oxygen atoms in total. The minimum absolute atomic E-state index is 0.168. The lowest BCUT2D eigenvalue weighted by atomic mass is 10.1. The van der Waals surface area contributed by atoms with Crippen molar-refractivity contribution in [2.45, 2.75) is 18.9 Å². The molecule has 1 unspecified atom stereocenters. The van der Waals surface area contributed by atoms with Gasteiger partial charge in [0.2, 0.25) is 0 Å². The van der Waals surface area contributed by atoms with E-state index in [-0.39, 0.29) is 12.5 Å². The molecule has 0 saturated heterocycles. The highest BCUT2D eigenvalue weighted by Crippen LogP contribution is 2.25. The zero-order valence-corrected chi connectivity index (χ0v) is 12.3. The van der Waals surface area contributed by atoms with Gasteiger partial charge in [-0.05, 0) is 44.8 Å². The number of carbonyl (C=O) groups excluding carboxylic acids is 1. The second kappa shape index (κ2) is 5.81. The third-order valence-corrected chi connectivity index (χ3v) is 3.24. The fourth-order valence-corrected chi connectivity index (χ4v) is 2.44. The maximum Gasteiger partial charge on any atom is 0.251 e. The van der Waals surface area contributed by atoms with Gasteiger partial charge in [0.25, 0.3) is 5.91 Å². The second-order valence-electron chi connectivity index (χ2n) is 5.84. The van der Waals surface area contributed by atoms with Gasteiger partial charge in [-0.25, -0.2) is 0 Å². The predicted molar refractivity (Wildman–Crippen MR) is 77.2 cm³/mol. The van der Waals surface area contributed by atoms with Gasteiger partial charge < -0.3 is 20.1 Å². The lowest BCUT2D eigenvalue weighted by Gasteiger charge is -2.27. The van der Waals surface area contributed by atoms with Crippen LogP contribution in [0.1, 0.15) is 22.8 Å². The van der Waals surface area contributed by atoms with E-state index < -0.39 is 5.60 Å². The van der Waals surface area contributed by atoms with Crippen molar-refractivity contribution in [3.05, 3.63) is 29.3 Å². The highest BCUT2D eigenvalue weighted by atomic mass is 16.5. The molecular weight excluding hydrogens is 256 g/mol. The van der Waals surface area contributed by atoms with E-state index in [0.717, 1.165) is 17.7 Å². The molecule has 110 valence electrons. The van der Waals surface area contributed by atoms with Gasteiger partial charge in [0.15, 0.2) is 0 Å². The van der Waals surface area contributed by atoms with Crippen LogP contribution >= 0.6 is 0 Å². The summed E-state index contributed by atoms with van der Waals surface area (Å²) in [4.78, 5) is 14.0. The number of amides is 1. The van der Waals surface area contributed by atoms with Crippen molar-refractivity contribution in [3.63, 3.8) is 0 Å². The molecule has 1 aromatic carbocycles. The monoisotopic (exact) mass is 278 g/mol. The number of nitrogens with one attached hydrogen (secondary N) is 1. The number of likely N-dealkylation sites (N-methyl/N-ethyl adjacent to an activating group) is 1. The first-order valence-electron chi connectivity index (χ1n) is 6.78. The van der Waals surface area contributed by atoms with Gasteiger partial charge in [-0.3, -0.25) is 4.79 Å². The molecule has 0 aliphatic carbocycles. The van der Waals surface area contributed by atoms with E-state index in [0.29, 0.717) is 18.7 Å². The molecule has 1 aromatic rings. The van der Waals surface area contributed by atoms with E-state index in [2.05, 4.69) is 5.32 Å². The van der Waals surface area contributed by atoms with Crippen LogP contribution in [0.25, 0.3) is 0 Å². The van der Waals surface area contributed by atoms with Crippen molar-refractivity contribution in [2.75, 3.05) is 33.8 Å². The van der Waals surface area contributed by atoms with Crippen molar-refractivity contribution < 1.29 is 14.6 Å². The minimum Gasteiger partial charge on any atom is -0.493 e. The Morgan fingerprint density at radius 1 is 1.50 bits per heavy atom. The first kappa shape index (κ1) is 14.8. The van der Waals surface area contributed by atoms with Crippen molar-refractivity contribution >= 4 is 5.91 Å². The molecule has 1 amide bonds. The third-order valence-electron chi connectivity index (χ3n) is 3.24. The Morgan fingerprint density at radius 2 is 2.25 bits per heavy atom. The van der Waals surface area contributed by atoms with E-state index in [1.165, 1.54) is 0 Å². The Morgan fingerprint density at radius 3 is 2.95 bits per heavy atom. The van der Waals surface area contributed by atoms with Gasteiger partial charge in [-0.1, -0.05) is 0 Å². The standard InChI is InChI=1S/C15H22N2O3/c1-15(19,10-17(2)3)9-16-14(18)12-4-5-13-11(8-12)6-7-20-13/h4-5,8,19H,6-7,9-10H2,1-3H3,(H,16,18). The summed E-state index contributed by atoms with van der Waals surface area (Å²) < 4.78 is 5.41. The largest absolute Gasteiger partial charge is 0.493 e. The van der Waals surface area contributed by atoms with Crippen molar-refractivity contribution in [3.8, 4) is 5.75 Å². The molecular formula is C15H22N2O3. The SMILES string of the molecule is CN(C)CC(C)(O)CNC(=O)c1ccc2c(c1)CCO2. The Hall–Kier alpha value is -1.59. The number of aliphatic hydroxyl groups is 1. The number of hydrogen-bond acceptors (Lipinski definition) is 4. The van der Waals surface area contributed by atoms with Gasteiger partial charge in [-0.2, -0.15) is 0 Å². The van der Waals surface area contributed by atoms with Gasteiger partial charge in [0, 0.05) is 25.1 Å². The number of benzene rings is 1. The number of hydrogen-bond donors (Lipinski definition) is 2. The van der Waals surface area contributed by atoms with E-state index in [1.54, 1.807) is 13.0 Å². The van der Waals surface area contributed by atoms with Crippen molar-refractivity contribution in [1.29, 1.82) is 0 Å². The maximum atomic E-state index is 12.1. The summed E-state index contributed by atoms with van der Waals surface area (Å²) in [6, 6.07) is 5.44. The molecule has 0 aromatic heterocycles. The molecule has 1 atom stereocenters. The summed E-state index contributed by atoms with van der Waals surface area (Å²) >= 11 is 0. The summed E-state index contributed by atoms with van der Waals surface area (Å²) in [6.45, 7) is 3.10. The fraction of sp³-hybridized carbons (Fsp3) is 0.533. The van der Waals surface area contributed by atoms with Gasteiger partial charge in [-0.15, -0.1) is 0 Å². The summed E-state index contributed by atoms with van der Waals surface area (Å²) in [5.74, 6) is 0.694. The summed E-state index contributed by atoms with van der Waals surface area (Å²) in [7, 11) is 3.77. The van der Waals surface area contributed by atoms with Crippen LogP contribution in [0.15, 0.2) is 18.2 Å². The number of carbonyl (C=O) groups is 1. The van der Waals surface area contributed by atoms with Crippen LogP contribution in [0.4, 0.5) is 0 Å². The Balaban J connectivity index is 1.95. The fourth-order valence-electron chi connectivity index (χ4n) is 2.44. The quantitative estimate of drug-likeness (QED) is 0.831.